The number of aryl methyl sites for hydroxylation is 1. The van der Waals surface area contributed by atoms with Crippen molar-refractivity contribution in [3.8, 4) is 5.75 Å². The Labute approximate surface area is 178 Å². The highest BCUT2D eigenvalue weighted by molar-refractivity contribution is 6.07. The minimum Gasteiger partial charge on any atom is -0.422 e. The van der Waals surface area contributed by atoms with Gasteiger partial charge in [0.15, 0.2) is 5.78 Å². The number of ketones is 1. The zero-order chi connectivity index (χ0) is 21.7. The molecule has 0 radical (unpaired) electrons. The monoisotopic (exact) mass is 398 g/mol. The van der Waals surface area contributed by atoms with Crippen molar-refractivity contribution in [3.63, 3.8) is 0 Å². The Morgan fingerprint density at radius 3 is 2.03 bits per heavy atom. The van der Waals surface area contributed by atoms with Gasteiger partial charge in [-0.25, -0.2) is 4.79 Å². The molecule has 3 rings (SSSR count). The van der Waals surface area contributed by atoms with E-state index in [2.05, 4.69) is 20.8 Å². The maximum absolute atomic E-state index is 12.6. The number of esters is 1. The second-order valence-electron chi connectivity index (χ2n) is 8.32. The van der Waals surface area contributed by atoms with Gasteiger partial charge >= 0.3 is 5.97 Å². The van der Waals surface area contributed by atoms with E-state index in [0.29, 0.717) is 22.4 Å². The molecule has 3 heteroatoms. The van der Waals surface area contributed by atoms with Crippen LogP contribution in [0.5, 0.6) is 5.75 Å². The maximum atomic E-state index is 12.6. The Kier molecular flexibility index (Phi) is 6.31. The first-order chi connectivity index (χ1) is 14.2. The van der Waals surface area contributed by atoms with Crippen LogP contribution in [-0.2, 0) is 5.41 Å². The van der Waals surface area contributed by atoms with Crippen molar-refractivity contribution in [2.45, 2.75) is 33.1 Å². The third-order valence-corrected chi connectivity index (χ3v) is 4.86. The van der Waals surface area contributed by atoms with Gasteiger partial charge < -0.3 is 4.74 Å². The quantitative estimate of drug-likeness (QED) is 0.216. The predicted molar refractivity (Wildman–Crippen MR) is 121 cm³/mol. The molecular formula is C27H26O3. The largest absolute Gasteiger partial charge is 0.422 e. The molecule has 0 aliphatic heterocycles. The molecule has 0 bridgehead atoms. The average molecular weight is 399 g/mol. The van der Waals surface area contributed by atoms with Crippen LogP contribution in [0.3, 0.4) is 0 Å². The number of hydrogen-bond donors (Lipinski definition) is 0. The first-order valence-corrected chi connectivity index (χ1v) is 9.95. The summed E-state index contributed by atoms with van der Waals surface area (Å²) in [6, 6.07) is 22.0. The second kappa shape index (κ2) is 8.91. The van der Waals surface area contributed by atoms with E-state index in [1.807, 2.05) is 43.3 Å². The molecule has 0 atom stereocenters. The van der Waals surface area contributed by atoms with Gasteiger partial charge in [-0.1, -0.05) is 80.9 Å². The molecule has 0 aliphatic rings. The van der Waals surface area contributed by atoms with Crippen molar-refractivity contribution in [3.05, 3.63) is 107 Å². The minimum atomic E-state index is -0.429. The van der Waals surface area contributed by atoms with E-state index >= 15 is 0 Å². The third-order valence-electron chi connectivity index (χ3n) is 4.86. The molecule has 0 aromatic heterocycles. The fourth-order valence-electron chi connectivity index (χ4n) is 2.96. The zero-order valence-electron chi connectivity index (χ0n) is 17.8. The van der Waals surface area contributed by atoms with Crippen molar-refractivity contribution in [2.75, 3.05) is 0 Å². The lowest BCUT2D eigenvalue weighted by molar-refractivity contribution is 0.0734. The molecule has 152 valence electrons. The topological polar surface area (TPSA) is 43.4 Å². The predicted octanol–water partition coefficient (Wildman–Crippen LogP) is 6.41. The number of allylic oxidation sites excluding steroid dienone is 1. The number of carbonyl (C=O) groups is 2. The van der Waals surface area contributed by atoms with E-state index in [0.717, 1.165) is 11.1 Å². The highest BCUT2D eigenvalue weighted by Gasteiger charge is 2.15. The van der Waals surface area contributed by atoms with Gasteiger partial charge in [0.1, 0.15) is 5.75 Å². The van der Waals surface area contributed by atoms with Crippen LogP contribution in [0.2, 0.25) is 0 Å². The van der Waals surface area contributed by atoms with E-state index in [1.165, 1.54) is 6.08 Å². The fourth-order valence-corrected chi connectivity index (χ4v) is 2.96. The summed E-state index contributed by atoms with van der Waals surface area (Å²) in [6.07, 6.45) is 3.17. The lowest BCUT2D eigenvalue weighted by Gasteiger charge is -2.19. The summed E-state index contributed by atoms with van der Waals surface area (Å²) in [6.45, 7) is 8.35. The zero-order valence-corrected chi connectivity index (χ0v) is 17.8. The van der Waals surface area contributed by atoms with Crippen LogP contribution < -0.4 is 4.74 Å². The fraction of sp³-hybridized carbons (Fsp3) is 0.185. The Balaban J connectivity index is 1.75. The Hall–Kier alpha value is -3.46. The highest BCUT2D eigenvalue weighted by atomic mass is 16.5. The number of carbonyl (C=O) groups excluding carboxylic acids is 2. The second-order valence-corrected chi connectivity index (χ2v) is 8.32. The normalized spacial score (nSPS) is 11.5. The molecule has 3 aromatic rings. The summed E-state index contributed by atoms with van der Waals surface area (Å²) in [5, 5.41) is 0. The summed E-state index contributed by atoms with van der Waals surface area (Å²) < 4.78 is 5.61. The molecular weight excluding hydrogens is 372 g/mol. The third kappa shape index (κ3) is 5.32. The van der Waals surface area contributed by atoms with Crippen molar-refractivity contribution in [1.82, 2.24) is 0 Å². The van der Waals surface area contributed by atoms with Crippen LogP contribution in [0.4, 0.5) is 0 Å². The molecule has 0 aliphatic carbocycles. The van der Waals surface area contributed by atoms with Gasteiger partial charge in [-0.2, -0.15) is 0 Å². The van der Waals surface area contributed by atoms with Gasteiger partial charge in [-0.05, 0) is 48.3 Å². The van der Waals surface area contributed by atoms with Gasteiger partial charge in [0, 0.05) is 11.1 Å². The number of ether oxygens (including phenoxy) is 1. The molecule has 0 spiro atoms. The summed E-state index contributed by atoms with van der Waals surface area (Å²) in [5.41, 5.74) is 4.03. The lowest BCUT2D eigenvalue weighted by Crippen LogP contribution is -2.13. The summed E-state index contributed by atoms with van der Waals surface area (Å²) >= 11 is 0. The first kappa shape index (κ1) is 21.3. The van der Waals surface area contributed by atoms with Gasteiger partial charge in [0.2, 0.25) is 0 Å². The van der Waals surface area contributed by atoms with Crippen LogP contribution in [0.1, 0.15) is 58.2 Å². The molecule has 3 nitrogen and oxygen atoms in total. The van der Waals surface area contributed by atoms with Crippen molar-refractivity contribution in [1.29, 1.82) is 0 Å². The van der Waals surface area contributed by atoms with Crippen LogP contribution in [0, 0.1) is 6.92 Å². The smallest absolute Gasteiger partial charge is 0.343 e. The molecule has 3 aromatic carbocycles. The number of benzene rings is 3. The van der Waals surface area contributed by atoms with Crippen molar-refractivity contribution < 1.29 is 14.3 Å². The van der Waals surface area contributed by atoms with E-state index in [-0.39, 0.29) is 11.2 Å². The standard InChI is InChI=1S/C27H26O3/c1-19-9-11-20(12-10-19)24(28)18-15-21-7-5-6-8-25(21)30-26(29)22-13-16-23(17-14-22)27(2,3)4/h5-18H,1-4H3/b18-15+. The number of rotatable bonds is 5. The lowest BCUT2D eigenvalue weighted by atomic mass is 9.87. The SMILES string of the molecule is Cc1ccc(C(=O)/C=C/c2ccccc2OC(=O)c2ccc(C(C)(C)C)cc2)cc1. The van der Waals surface area contributed by atoms with Crippen LogP contribution >= 0.6 is 0 Å². The summed E-state index contributed by atoms with van der Waals surface area (Å²) in [4.78, 5) is 25.0. The van der Waals surface area contributed by atoms with Crippen molar-refractivity contribution in [2.24, 2.45) is 0 Å². The minimum absolute atomic E-state index is 0.0177. The van der Waals surface area contributed by atoms with E-state index < -0.39 is 5.97 Å². The molecule has 30 heavy (non-hydrogen) atoms. The van der Waals surface area contributed by atoms with Gasteiger partial charge in [0.05, 0.1) is 5.56 Å². The summed E-state index contributed by atoms with van der Waals surface area (Å²) in [5.74, 6) is -0.120. The van der Waals surface area contributed by atoms with Crippen molar-refractivity contribution >= 4 is 17.8 Å². The molecule has 0 saturated carbocycles. The number of hydrogen-bond acceptors (Lipinski definition) is 3. The molecule has 0 heterocycles. The summed E-state index contributed by atoms with van der Waals surface area (Å²) in [7, 11) is 0. The van der Waals surface area contributed by atoms with E-state index in [1.54, 1.807) is 42.5 Å². The Bertz CT molecular complexity index is 1070. The molecule has 0 unspecified atom stereocenters. The van der Waals surface area contributed by atoms with Crippen LogP contribution in [0.15, 0.2) is 78.9 Å². The first-order valence-electron chi connectivity index (χ1n) is 9.95. The highest BCUT2D eigenvalue weighted by Crippen LogP contribution is 2.24. The van der Waals surface area contributed by atoms with Gasteiger partial charge in [-0.3, -0.25) is 4.79 Å². The molecule has 0 amide bonds. The van der Waals surface area contributed by atoms with Crippen LogP contribution in [-0.4, -0.2) is 11.8 Å². The van der Waals surface area contributed by atoms with Crippen LogP contribution in [0.25, 0.3) is 6.08 Å². The maximum Gasteiger partial charge on any atom is 0.343 e. The Morgan fingerprint density at radius 1 is 0.800 bits per heavy atom. The molecule has 0 fully saturated rings. The average Bonchev–Trinajstić information content (AvgIpc) is 2.73. The molecule has 0 N–H and O–H groups in total. The van der Waals surface area contributed by atoms with E-state index in [4.69, 9.17) is 4.74 Å². The Morgan fingerprint density at radius 2 is 1.40 bits per heavy atom. The van der Waals surface area contributed by atoms with Gasteiger partial charge in [0.25, 0.3) is 0 Å². The van der Waals surface area contributed by atoms with Gasteiger partial charge in [-0.15, -0.1) is 0 Å². The van der Waals surface area contributed by atoms with E-state index in [9.17, 15) is 9.59 Å². The molecule has 0 saturated heterocycles. The number of para-hydroxylation sites is 1.